The van der Waals surface area contributed by atoms with Gasteiger partial charge in [0.05, 0.1) is 12.5 Å². The normalized spacial score (nSPS) is 16.2. The number of hydrogen-bond acceptors (Lipinski definition) is 4. The van der Waals surface area contributed by atoms with Crippen molar-refractivity contribution in [1.29, 1.82) is 0 Å². The van der Waals surface area contributed by atoms with E-state index in [-0.39, 0.29) is 30.6 Å². The Bertz CT molecular complexity index is 1090. The van der Waals surface area contributed by atoms with Crippen molar-refractivity contribution in [3.05, 3.63) is 71.2 Å². The summed E-state index contributed by atoms with van der Waals surface area (Å²) in [6.45, 7) is 4.57. The van der Waals surface area contributed by atoms with Crippen LogP contribution < -0.4 is 10.2 Å². The second-order valence-electron chi connectivity index (χ2n) is 7.58. The van der Waals surface area contributed by atoms with Gasteiger partial charge in [0.1, 0.15) is 11.5 Å². The number of nitrogens with one attached hydrogen (secondary N) is 1. The highest BCUT2D eigenvalue weighted by Gasteiger charge is 2.35. The fourth-order valence-electron chi connectivity index (χ4n) is 3.49. The van der Waals surface area contributed by atoms with E-state index in [1.165, 1.54) is 12.1 Å². The number of amides is 2. The number of aromatic nitrogens is 1. The lowest BCUT2D eigenvalue weighted by Gasteiger charge is -2.18. The van der Waals surface area contributed by atoms with Gasteiger partial charge in [0.2, 0.25) is 11.8 Å². The Balaban J connectivity index is 1.36. The lowest BCUT2D eigenvalue weighted by Crippen LogP contribution is -2.32. The van der Waals surface area contributed by atoms with Crippen LogP contribution in [-0.2, 0) is 16.1 Å². The van der Waals surface area contributed by atoms with Crippen LogP contribution in [-0.4, -0.2) is 23.5 Å². The highest BCUT2D eigenvalue weighted by atomic mass is 19.1. The average Bonchev–Trinajstić information content (AvgIpc) is 3.36. The number of aryl methyl sites for hydroxylation is 2. The van der Waals surface area contributed by atoms with Gasteiger partial charge in [-0.05, 0) is 61.4 Å². The third-order valence-electron chi connectivity index (χ3n) is 5.43. The van der Waals surface area contributed by atoms with Gasteiger partial charge < -0.3 is 14.7 Å². The predicted molar refractivity (Wildman–Crippen MR) is 110 cm³/mol. The molecule has 1 aliphatic heterocycles. The second-order valence-corrected chi connectivity index (χ2v) is 7.58. The van der Waals surface area contributed by atoms with Crippen molar-refractivity contribution in [2.75, 3.05) is 11.4 Å². The van der Waals surface area contributed by atoms with E-state index >= 15 is 0 Å². The molecule has 0 aliphatic carbocycles. The Labute approximate surface area is 173 Å². The molecule has 1 atom stereocenters. The third-order valence-corrected chi connectivity index (χ3v) is 5.43. The van der Waals surface area contributed by atoms with Crippen LogP contribution >= 0.6 is 0 Å². The summed E-state index contributed by atoms with van der Waals surface area (Å²) in [6.07, 6.45) is 0.179. The maximum Gasteiger partial charge on any atom is 0.227 e. The van der Waals surface area contributed by atoms with E-state index in [9.17, 15) is 14.0 Å². The van der Waals surface area contributed by atoms with Gasteiger partial charge in [-0.25, -0.2) is 4.39 Å². The van der Waals surface area contributed by atoms with Gasteiger partial charge in [-0.15, -0.1) is 0 Å². The Kier molecular flexibility index (Phi) is 5.35. The molecule has 0 bridgehead atoms. The molecule has 1 aromatic heterocycles. The predicted octanol–water partition coefficient (Wildman–Crippen LogP) is 3.77. The van der Waals surface area contributed by atoms with Crippen LogP contribution in [0.15, 0.2) is 53.1 Å². The lowest BCUT2D eigenvalue weighted by atomic mass is 10.1. The number of rotatable bonds is 5. The van der Waals surface area contributed by atoms with Crippen molar-refractivity contribution in [2.45, 2.75) is 26.8 Å². The number of benzene rings is 2. The minimum absolute atomic E-state index is 0.0570. The van der Waals surface area contributed by atoms with Crippen molar-refractivity contribution in [3.8, 4) is 11.3 Å². The lowest BCUT2D eigenvalue weighted by molar-refractivity contribution is -0.126. The molecule has 1 aliphatic rings. The molecule has 0 saturated carbocycles. The van der Waals surface area contributed by atoms with Crippen LogP contribution in [0.5, 0.6) is 0 Å². The van der Waals surface area contributed by atoms with Gasteiger partial charge >= 0.3 is 0 Å². The number of carbonyl (C=O) groups is 2. The minimum Gasteiger partial charge on any atom is -0.356 e. The molecule has 1 fully saturated rings. The van der Waals surface area contributed by atoms with Gasteiger partial charge in [-0.1, -0.05) is 11.2 Å². The van der Waals surface area contributed by atoms with Crippen LogP contribution in [0.1, 0.15) is 23.2 Å². The summed E-state index contributed by atoms with van der Waals surface area (Å²) >= 11 is 0. The Morgan fingerprint density at radius 3 is 2.67 bits per heavy atom. The van der Waals surface area contributed by atoms with Gasteiger partial charge in [0, 0.05) is 30.3 Å². The molecule has 1 saturated heterocycles. The minimum atomic E-state index is -0.414. The van der Waals surface area contributed by atoms with Gasteiger partial charge in [-0.2, -0.15) is 0 Å². The molecular weight excluding hydrogens is 385 g/mol. The first-order chi connectivity index (χ1) is 14.4. The van der Waals surface area contributed by atoms with Gasteiger partial charge in [0.15, 0.2) is 5.76 Å². The first kappa shape index (κ1) is 19.8. The number of anilines is 1. The fraction of sp³-hybridized carbons (Fsp3) is 0.261. The first-order valence-electron chi connectivity index (χ1n) is 9.77. The largest absolute Gasteiger partial charge is 0.356 e. The monoisotopic (exact) mass is 407 g/mol. The molecule has 0 radical (unpaired) electrons. The van der Waals surface area contributed by atoms with Crippen molar-refractivity contribution in [2.24, 2.45) is 5.92 Å². The van der Waals surface area contributed by atoms with Crippen molar-refractivity contribution >= 4 is 17.5 Å². The Hall–Kier alpha value is -3.48. The molecule has 7 heteroatoms. The standard InChI is InChI=1S/C23H22FN3O3/c1-14-3-8-20(9-15(14)2)27-13-17(10-22(27)28)23(29)25-12-19-11-21(30-26-19)16-4-6-18(24)7-5-16/h3-9,11,17H,10,12-13H2,1-2H3,(H,25,29)/t17-/m0/s1. The quantitative estimate of drug-likeness (QED) is 0.699. The molecule has 4 rings (SSSR count). The summed E-state index contributed by atoms with van der Waals surface area (Å²) in [5.74, 6) is -0.495. The zero-order valence-corrected chi connectivity index (χ0v) is 16.8. The number of halogens is 1. The van der Waals surface area contributed by atoms with E-state index in [1.807, 2.05) is 32.0 Å². The first-order valence-corrected chi connectivity index (χ1v) is 9.77. The van der Waals surface area contributed by atoms with Crippen LogP contribution in [0, 0.1) is 25.6 Å². The summed E-state index contributed by atoms with van der Waals surface area (Å²) in [5.41, 5.74) is 4.34. The molecule has 3 aromatic rings. The van der Waals surface area contributed by atoms with Crippen molar-refractivity contribution in [1.82, 2.24) is 10.5 Å². The smallest absolute Gasteiger partial charge is 0.227 e. The molecule has 30 heavy (non-hydrogen) atoms. The average molecular weight is 407 g/mol. The number of carbonyl (C=O) groups excluding carboxylic acids is 2. The van der Waals surface area contributed by atoms with E-state index < -0.39 is 5.92 Å². The summed E-state index contributed by atoms with van der Waals surface area (Å²) in [4.78, 5) is 26.7. The number of hydrogen-bond donors (Lipinski definition) is 1. The summed E-state index contributed by atoms with van der Waals surface area (Å²) in [6, 6.07) is 13.5. The molecule has 2 amide bonds. The second kappa shape index (κ2) is 8.10. The molecule has 154 valence electrons. The molecule has 6 nitrogen and oxygen atoms in total. The third kappa shape index (κ3) is 4.10. The summed E-state index contributed by atoms with van der Waals surface area (Å²) in [5, 5.41) is 6.78. The molecule has 1 N–H and O–H groups in total. The van der Waals surface area contributed by atoms with Crippen LogP contribution in [0.4, 0.5) is 10.1 Å². The van der Waals surface area contributed by atoms with Crippen LogP contribution in [0.25, 0.3) is 11.3 Å². The van der Waals surface area contributed by atoms with E-state index in [4.69, 9.17) is 4.52 Å². The molecule has 2 heterocycles. The molecule has 0 spiro atoms. The van der Waals surface area contributed by atoms with Crippen LogP contribution in [0.3, 0.4) is 0 Å². The zero-order chi connectivity index (χ0) is 21.3. The zero-order valence-electron chi connectivity index (χ0n) is 16.8. The maximum atomic E-state index is 13.0. The van der Waals surface area contributed by atoms with E-state index in [2.05, 4.69) is 10.5 Å². The topological polar surface area (TPSA) is 75.4 Å². The van der Waals surface area contributed by atoms with Crippen molar-refractivity contribution in [3.63, 3.8) is 0 Å². The molecule has 0 unspecified atom stereocenters. The van der Waals surface area contributed by atoms with Gasteiger partial charge in [0.25, 0.3) is 0 Å². The molecule has 2 aromatic carbocycles. The molecular formula is C23H22FN3O3. The van der Waals surface area contributed by atoms with Crippen LogP contribution in [0.2, 0.25) is 0 Å². The van der Waals surface area contributed by atoms with E-state index in [0.717, 1.165) is 16.8 Å². The maximum absolute atomic E-state index is 13.0. The SMILES string of the molecule is Cc1ccc(N2C[C@@H](C(=O)NCc3cc(-c4ccc(F)cc4)on3)CC2=O)cc1C. The highest BCUT2D eigenvalue weighted by Crippen LogP contribution is 2.27. The van der Waals surface area contributed by atoms with E-state index in [0.29, 0.717) is 23.6 Å². The number of nitrogens with zero attached hydrogens (tertiary/aromatic N) is 2. The Morgan fingerprint density at radius 1 is 1.17 bits per heavy atom. The van der Waals surface area contributed by atoms with Gasteiger partial charge in [-0.3, -0.25) is 9.59 Å². The van der Waals surface area contributed by atoms with E-state index in [1.54, 1.807) is 23.1 Å². The highest BCUT2D eigenvalue weighted by molar-refractivity contribution is 6.00. The summed E-state index contributed by atoms with van der Waals surface area (Å²) in [7, 11) is 0. The summed E-state index contributed by atoms with van der Waals surface area (Å²) < 4.78 is 18.3. The fourth-order valence-corrected chi connectivity index (χ4v) is 3.49. The van der Waals surface area contributed by atoms with Crippen molar-refractivity contribution < 1.29 is 18.5 Å². The Morgan fingerprint density at radius 2 is 1.93 bits per heavy atom.